The van der Waals surface area contributed by atoms with Crippen molar-refractivity contribution in [2.24, 2.45) is 0 Å². The van der Waals surface area contributed by atoms with Gasteiger partial charge in [0.05, 0.1) is 11.9 Å². The SMILES string of the molecule is CCNC(=O)[C@@H](C)N(Cc1c(Cl)cccc1Cl)C(=O)CCCN(c1cccc(Cl)c1)S(C)(=O)=O. The van der Waals surface area contributed by atoms with Crippen LogP contribution in [0.15, 0.2) is 42.5 Å². The van der Waals surface area contributed by atoms with Gasteiger partial charge in [-0.25, -0.2) is 8.42 Å². The molecule has 0 aliphatic carbocycles. The van der Waals surface area contributed by atoms with Crippen molar-refractivity contribution in [3.8, 4) is 0 Å². The number of benzene rings is 2. The third-order valence-electron chi connectivity index (χ3n) is 5.16. The van der Waals surface area contributed by atoms with Crippen molar-refractivity contribution in [1.82, 2.24) is 10.2 Å². The summed E-state index contributed by atoms with van der Waals surface area (Å²) in [5.74, 6) is -0.634. The molecule has 186 valence electrons. The van der Waals surface area contributed by atoms with Crippen molar-refractivity contribution >= 4 is 62.3 Å². The number of anilines is 1. The molecule has 2 amide bonds. The third-order valence-corrected chi connectivity index (χ3v) is 7.29. The third kappa shape index (κ3) is 7.77. The molecule has 0 unspecified atom stereocenters. The van der Waals surface area contributed by atoms with E-state index in [9.17, 15) is 18.0 Å². The van der Waals surface area contributed by atoms with Gasteiger partial charge in [0.1, 0.15) is 6.04 Å². The Morgan fingerprint density at radius 2 is 1.68 bits per heavy atom. The molecule has 1 atom stereocenters. The molecule has 0 bridgehead atoms. The highest BCUT2D eigenvalue weighted by Gasteiger charge is 2.27. The van der Waals surface area contributed by atoms with Gasteiger partial charge in [-0.3, -0.25) is 13.9 Å². The van der Waals surface area contributed by atoms with Crippen molar-refractivity contribution < 1.29 is 18.0 Å². The Labute approximate surface area is 216 Å². The molecule has 0 fully saturated rings. The monoisotopic (exact) mass is 547 g/mol. The van der Waals surface area contributed by atoms with Gasteiger partial charge in [0.25, 0.3) is 0 Å². The van der Waals surface area contributed by atoms with E-state index in [0.29, 0.717) is 32.9 Å². The number of nitrogens with one attached hydrogen (secondary N) is 1. The van der Waals surface area contributed by atoms with Crippen molar-refractivity contribution in [2.45, 2.75) is 39.3 Å². The van der Waals surface area contributed by atoms with Crippen molar-refractivity contribution in [2.75, 3.05) is 23.7 Å². The fourth-order valence-corrected chi connectivity index (χ4v) is 5.05. The number of sulfonamides is 1. The molecule has 1 N–H and O–H groups in total. The summed E-state index contributed by atoms with van der Waals surface area (Å²) in [6.07, 6.45) is 1.34. The van der Waals surface area contributed by atoms with Gasteiger partial charge in [-0.1, -0.05) is 46.9 Å². The van der Waals surface area contributed by atoms with Gasteiger partial charge in [-0.05, 0) is 50.6 Å². The lowest BCUT2D eigenvalue weighted by molar-refractivity contribution is -0.140. The highest BCUT2D eigenvalue weighted by atomic mass is 35.5. The van der Waals surface area contributed by atoms with Crippen LogP contribution >= 0.6 is 34.8 Å². The van der Waals surface area contributed by atoms with E-state index in [2.05, 4.69) is 5.32 Å². The molecule has 0 spiro atoms. The van der Waals surface area contributed by atoms with E-state index in [1.807, 2.05) is 0 Å². The summed E-state index contributed by atoms with van der Waals surface area (Å²) in [4.78, 5) is 27.1. The van der Waals surface area contributed by atoms with Crippen LogP contribution in [-0.2, 0) is 26.2 Å². The topological polar surface area (TPSA) is 86.8 Å². The summed E-state index contributed by atoms with van der Waals surface area (Å²) in [7, 11) is -3.60. The smallest absolute Gasteiger partial charge is 0.242 e. The predicted octanol–water partition coefficient (Wildman–Crippen LogP) is 4.75. The minimum Gasteiger partial charge on any atom is -0.355 e. The zero-order valence-electron chi connectivity index (χ0n) is 19.2. The van der Waals surface area contributed by atoms with E-state index in [-0.39, 0.29) is 37.7 Å². The van der Waals surface area contributed by atoms with Gasteiger partial charge < -0.3 is 10.2 Å². The molecule has 0 saturated carbocycles. The van der Waals surface area contributed by atoms with Crippen LogP contribution in [0.4, 0.5) is 5.69 Å². The Bertz CT molecular complexity index is 1110. The van der Waals surface area contributed by atoms with Gasteiger partial charge in [0, 0.05) is 46.7 Å². The summed E-state index contributed by atoms with van der Waals surface area (Å²) in [6.45, 7) is 3.95. The van der Waals surface area contributed by atoms with Crippen LogP contribution in [0.5, 0.6) is 0 Å². The number of hydrogen-bond donors (Lipinski definition) is 1. The number of rotatable bonds is 11. The Morgan fingerprint density at radius 3 is 2.24 bits per heavy atom. The molecule has 34 heavy (non-hydrogen) atoms. The zero-order valence-corrected chi connectivity index (χ0v) is 22.3. The van der Waals surface area contributed by atoms with Gasteiger partial charge in [0.15, 0.2) is 0 Å². The fraction of sp³-hybridized carbons (Fsp3) is 0.391. The largest absolute Gasteiger partial charge is 0.355 e. The van der Waals surface area contributed by atoms with Gasteiger partial charge in [-0.15, -0.1) is 0 Å². The van der Waals surface area contributed by atoms with Gasteiger partial charge in [0.2, 0.25) is 21.8 Å². The highest BCUT2D eigenvalue weighted by molar-refractivity contribution is 7.92. The number of carbonyl (C=O) groups excluding carboxylic acids is 2. The predicted molar refractivity (Wildman–Crippen MR) is 138 cm³/mol. The van der Waals surface area contributed by atoms with Crippen LogP contribution in [0.2, 0.25) is 15.1 Å². The maximum absolute atomic E-state index is 13.2. The minimum atomic E-state index is -3.60. The van der Waals surface area contributed by atoms with E-state index >= 15 is 0 Å². The molecule has 2 rings (SSSR count). The molecule has 0 radical (unpaired) electrons. The molecule has 0 heterocycles. The zero-order chi connectivity index (χ0) is 25.5. The van der Waals surface area contributed by atoms with Crippen LogP contribution in [0.25, 0.3) is 0 Å². The lowest BCUT2D eigenvalue weighted by Crippen LogP contribution is -2.47. The number of halogens is 3. The van der Waals surface area contributed by atoms with E-state index in [1.165, 1.54) is 9.21 Å². The quantitative estimate of drug-likeness (QED) is 0.439. The minimum absolute atomic E-state index is 0.0123. The number of hydrogen-bond acceptors (Lipinski definition) is 4. The van der Waals surface area contributed by atoms with Crippen LogP contribution in [0.3, 0.4) is 0 Å². The first-order chi connectivity index (χ1) is 16.0. The Balaban J connectivity index is 2.21. The molecule has 0 aliphatic rings. The lowest BCUT2D eigenvalue weighted by Gasteiger charge is -2.30. The highest BCUT2D eigenvalue weighted by Crippen LogP contribution is 2.27. The fourth-order valence-electron chi connectivity index (χ4n) is 3.39. The summed E-state index contributed by atoms with van der Waals surface area (Å²) in [6, 6.07) is 10.7. The first-order valence-corrected chi connectivity index (χ1v) is 13.7. The lowest BCUT2D eigenvalue weighted by atomic mass is 10.1. The van der Waals surface area contributed by atoms with Crippen LogP contribution in [0.1, 0.15) is 32.3 Å². The maximum atomic E-state index is 13.2. The molecule has 11 heteroatoms. The van der Waals surface area contributed by atoms with Gasteiger partial charge in [-0.2, -0.15) is 0 Å². The van der Waals surface area contributed by atoms with E-state index in [0.717, 1.165) is 6.26 Å². The van der Waals surface area contributed by atoms with Crippen molar-refractivity contribution in [3.63, 3.8) is 0 Å². The number of amides is 2. The van der Waals surface area contributed by atoms with Crippen molar-refractivity contribution in [1.29, 1.82) is 0 Å². The molecule has 2 aromatic rings. The molecule has 2 aromatic carbocycles. The van der Waals surface area contributed by atoms with E-state index < -0.39 is 16.1 Å². The standard InChI is InChI=1S/C23H28Cl3N3O4S/c1-4-27-23(31)16(2)28(15-19-20(25)10-6-11-21(19)26)22(30)12-7-13-29(34(3,32)33)18-9-5-8-17(24)14-18/h5-6,8-11,14,16H,4,7,12-13,15H2,1-3H3,(H,27,31)/t16-/m1/s1. The summed E-state index contributed by atoms with van der Waals surface area (Å²) >= 11 is 18.6. The normalized spacial score (nSPS) is 12.2. The van der Waals surface area contributed by atoms with E-state index in [4.69, 9.17) is 34.8 Å². The average molecular weight is 549 g/mol. The first kappa shape index (κ1) is 28.2. The van der Waals surface area contributed by atoms with Crippen LogP contribution in [-0.4, -0.2) is 50.5 Å². The molecule has 7 nitrogen and oxygen atoms in total. The summed E-state index contributed by atoms with van der Waals surface area (Å²) < 4.78 is 25.9. The van der Waals surface area contributed by atoms with Crippen LogP contribution in [0, 0.1) is 0 Å². The van der Waals surface area contributed by atoms with Crippen molar-refractivity contribution in [3.05, 3.63) is 63.1 Å². The second-order valence-electron chi connectivity index (χ2n) is 7.71. The maximum Gasteiger partial charge on any atom is 0.242 e. The molecular weight excluding hydrogens is 521 g/mol. The first-order valence-electron chi connectivity index (χ1n) is 10.7. The number of carbonyl (C=O) groups is 2. The Kier molecular flexibility index (Phi) is 10.5. The second kappa shape index (κ2) is 12.6. The summed E-state index contributed by atoms with van der Waals surface area (Å²) in [5.41, 5.74) is 0.949. The Morgan fingerprint density at radius 1 is 1.06 bits per heavy atom. The van der Waals surface area contributed by atoms with E-state index in [1.54, 1.807) is 56.3 Å². The second-order valence-corrected chi connectivity index (χ2v) is 10.9. The average Bonchev–Trinajstić information content (AvgIpc) is 2.75. The number of nitrogens with zero attached hydrogens (tertiary/aromatic N) is 2. The molecular formula is C23H28Cl3N3O4S. The van der Waals surface area contributed by atoms with Crippen LogP contribution < -0.4 is 9.62 Å². The Hall–Kier alpha value is -2.00. The molecule has 0 aromatic heterocycles. The summed E-state index contributed by atoms with van der Waals surface area (Å²) in [5, 5.41) is 3.89. The molecule has 0 saturated heterocycles. The number of likely N-dealkylation sites (N-methyl/N-ethyl adjacent to an activating group) is 1. The van der Waals surface area contributed by atoms with Gasteiger partial charge >= 0.3 is 0 Å². The molecule has 0 aliphatic heterocycles.